The van der Waals surface area contributed by atoms with Crippen LogP contribution in [0.1, 0.15) is 22.4 Å². The van der Waals surface area contributed by atoms with Gasteiger partial charge in [0.05, 0.1) is 19.0 Å². The minimum Gasteiger partial charge on any atom is -0.469 e. The highest BCUT2D eigenvalue weighted by Crippen LogP contribution is 2.24. The minimum atomic E-state index is -0.227. The minimum absolute atomic E-state index is 0.227. The fourth-order valence-corrected chi connectivity index (χ4v) is 2.21. The van der Waals surface area contributed by atoms with Gasteiger partial charge in [0.25, 0.3) is 0 Å². The van der Waals surface area contributed by atoms with Gasteiger partial charge in [-0.3, -0.25) is 9.78 Å². The predicted molar refractivity (Wildman–Crippen MR) is 71.7 cm³/mol. The number of carbonyl (C=O) groups is 1. The number of methoxy groups -OCH3 is 1. The number of pyridine rings is 1. The van der Waals surface area contributed by atoms with E-state index in [4.69, 9.17) is 4.74 Å². The number of ether oxygens (including phenoxy) is 1. The second-order valence-electron chi connectivity index (χ2n) is 4.57. The number of aryl methyl sites for hydroxylation is 3. The number of fused-ring (bicyclic) bond motifs is 1. The number of esters is 1. The van der Waals surface area contributed by atoms with Gasteiger partial charge in [-0.1, -0.05) is 12.1 Å². The van der Waals surface area contributed by atoms with E-state index in [1.54, 1.807) is 0 Å². The van der Waals surface area contributed by atoms with E-state index in [2.05, 4.69) is 23.2 Å². The molecule has 0 saturated carbocycles. The lowest BCUT2D eigenvalue weighted by Gasteiger charge is -2.12. The van der Waals surface area contributed by atoms with Crippen molar-refractivity contribution in [1.82, 2.24) is 4.98 Å². The summed E-state index contributed by atoms with van der Waals surface area (Å²) < 4.78 is 4.73. The van der Waals surface area contributed by atoms with Crippen LogP contribution in [0.3, 0.4) is 0 Å². The summed E-state index contributed by atoms with van der Waals surface area (Å²) in [4.78, 5) is 16.0. The molecule has 0 aliphatic rings. The normalized spacial score (nSPS) is 10.7. The fraction of sp³-hybridized carbons (Fsp3) is 0.333. The summed E-state index contributed by atoms with van der Waals surface area (Å²) in [5.41, 5.74) is 5.16. The van der Waals surface area contributed by atoms with Crippen molar-refractivity contribution in [3.8, 4) is 0 Å². The molecule has 3 heteroatoms. The lowest BCUT2D eigenvalue weighted by Crippen LogP contribution is -2.09. The Labute approximate surface area is 107 Å². The average molecular weight is 243 g/mol. The molecule has 0 fully saturated rings. The molecule has 0 unspecified atom stereocenters. The maximum Gasteiger partial charge on any atom is 0.310 e. The Balaban J connectivity index is 2.61. The summed E-state index contributed by atoms with van der Waals surface area (Å²) in [5.74, 6) is -0.227. The van der Waals surface area contributed by atoms with Crippen molar-refractivity contribution < 1.29 is 9.53 Å². The van der Waals surface area contributed by atoms with Gasteiger partial charge in [0.1, 0.15) is 0 Å². The number of hydrogen-bond acceptors (Lipinski definition) is 3. The van der Waals surface area contributed by atoms with Gasteiger partial charge in [-0.05, 0) is 43.5 Å². The number of aromatic nitrogens is 1. The molecule has 0 atom stereocenters. The van der Waals surface area contributed by atoms with Crippen molar-refractivity contribution >= 4 is 16.9 Å². The van der Waals surface area contributed by atoms with Crippen molar-refractivity contribution in [3.63, 3.8) is 0 Å². The molecule has 0 radical (unpaired) electrons. The highest BCUT2D eigenvalue weighted by atomic mass is 16.5. The van der Waals surface area contributed by atoms with Crippen molar-refractivity contribution in [2.24, 2.45) is 0 Å². The zero-order valence-corrected chi connectivity index (χ0v) is 11.2. The molecule has 0 bridgehead atoms. The summed E-state index contributed by atoms with van der Waals surface area (Å²) in [7, 11) is 1.41. The van der Waals surface area contributed by atoms with Gasteiger partial charge in [0.2, 0.25) is 0 Å². The first-order valence-electron chi connectivity index (χ1n) is 5.96. The second kappa shape index (κ2) is 4.77. The first-order valence-corrected chi connectivity index (χ1v) is 5.96. The molecule has 1 aromatic heterocycles. The zero-order chi connectivity index (χ0) is 13.3. The van der Waals surface area contributed by atoms with Gasteiger partial charge in [-0.15, -0.1) is 0 Å². The van der Waals surface area contributed by atoms with Crippen molar-refractivity contribution in [2.75, 3.05) is 7.11 Å². The Morgan fingerprint density at radius 2 is 2.00 bits per heavy atom. The largest absolute Gasteiger partial charge is 0.469 e. The molecule has 0 amide bonds. The van der Waals surface area contributed by atoms with Gasteiger partial charge in [0, 0.05) is 11.1 Å². The molecule has 2 rings (SSSR count). The average Bonchev–Trinajstić information content (AvgIpc) is 2.33. The molecule has 0 aliphatic carbocycles. The molecule has 3 nitrogen and oxygen atoms in total. The summed E-state index contributed by atoms with van der Waals surface area (Å²) in [6, 6.07) is 6.19. The quantitative estimate of drug-likeness (QED) is 0.761. The Kier molecular flexibility index (Phi) is 3.32. The van der Waals surface area contributed by atoms with Gasteiger partial charge in [-0.25, -0.2) is 0 Å². The fourth-order valence-electron chi connectivity index (χ4n) is 2.21. The van der Waals surface area contributed by atoms with Crippen molar-refractivity contribution in [2.45, 2.75) is 27.2 Å². The maximum atomic E-state index is 11.4. The lowest BCUT2D eigenvalue weighted by molar-refractivity contribution is -0.139. The van der Waals surface area contributed by atoms with Gasteiger partial charge < -0.3 is 4.74 Å². The van der Waals surface area contributed by atoms with Gasteiger partial charge in [-0.2, -0.15) is 0 Å². The smallest absolute Gasteiger partial charge is 0.310 e. The first-order chi connectivity index (χ1) is 8.52. The molecule has 1 aromatic carbocycles. The molecule has 2 aromatic rings. The Bertz CT molecular complexity index is 617. The number of carbonyl (C=O) groups excluding carboxylic acids is 1. The van der Waals surface area contributed by atoms with E-state index in [1.807, 2.05) is 20.8 Å². The third-order valence-corrected chi connectivity index (χ3v) is 3.28. The molecule has 0 spiro atoms. The number of hydrogen-bond donors (Lipinski definition) is 0. The third kappa shape index (κ3) is 2.21. The lowest BCUT2D eigenvalue weighted by atomic mass is 9.99. The summed E-state index contributed by atoms with van der Waals surface area (Å²) in [5, 5.41) is 1.10. The number of rotatable bonds is 2. The number of nitrogens with zero attached hydrogens (tertiary/aromatic N) is 1. The molecular weight excluding hydrogens is 226 g/mol. The molecule has 0 N–H and O–H groups in total. The van der Waals surface area contributed by atoms with Crippen LogP contribution in [0.5, 0.6) is 0 Å². The molecule has 18 heavy (non-hydrogen) atoms. The van der Waals surface area contributed by atoms with Gasteiger partial charge in [0.15, 0.2) is 0 Å². The van der Waals surface area contributed by atoms with Crippen LogP contribution in [0.25, 0.3) is 10.9 Å². The Morgan fingerprint density at radius 3 is 2.67 bits per heavy atom. The highest BCUT2D eigenvalue weighted by Gasteiger charge is 2.13. The highest BCUT2D eigenvalue weighted by molar-refractivity contribution is 5.85. The van der Waals surface area contributed by atoms with Crippen LogP contribution in [0.4, 0.5) is 0 Å². The van der Waals surface area contributed by atoms with Crippen molar-refractivity contribution in [1.29, 1.82) is 0 Å². The summed E-state index contributed by atoms with van der Waals surface area (Å²) in [6.07, 6.45) is 0.283. The SMILES string of the molecule is COC(=O)Cc1c(C)nc2cc(C)ccc2c1C. The van der Waals surface area contributed by atoms with Crippen LogP contribution in [0.2, 0.25) is 0 Å². The van der Waals surface area contributed by atoms with E-state index in [-0.39, 0.29) is 12.4 Å². The number of benzene rings is 1. The monoisotopic (exact) mass is 243 g/mol. The van der Waals surface area contributed by atoms with Crippen LogP contribution in [0.15, 0.2) is 18.2 Å². The van der Waals surface area contributed by atoms with Crippen LogP contribution in [0, 0.1) is 20.8 Å². The van der Waals surface area contributed by atoms with Crippen LogP contribution >= 0.6 is 0 Å². The van der Waals surface area contributed by atoms with E-state index in [9.17, 15) is 4.79 Å². The van der Waals surface area contributed by atoms with E-state index < -0.39 is 0 Å². The zero-order valence-electron chi connectivity index (χ0n) is 11.2. The molecular formula is C15H17NO2. The third-order valence-electron chi connectivity index (χ3n) is 3.28. The second-order valence-corrected chi connectivity index (χ2v) is 4.57. The van der Waals surface area contributed by atoms with E-state index in [0.717, 1.165) is 27.7 Å². The molecule has 94 valence electrons. The standard InChI is InChI=1S/C15H17NO2/c1-9-5-6-12-10(2)13(8-15(17)18-4)11(3)16-14(12)7-9/h5-7H,8H2,1-4H3. The summed E-state index contributed by atoms with van der Waals surface area (Å²) >= 11 is 0. The topological polar surface area (TPSA) is 39.2 Å². The Morgan fingerprint density at radius 1 is 1.28 bits per heavy atom. The Hall–Kier alpha value is -1.90. The summed E-state index contributed by atoms with van der Waals surface area (Å²) in [6.45, 7) is 6.02. The molecule has 0 aliphatic heterocycles. The molecule has 0 saturated heterocycles. The van der Waals surface area contributed by atoms with Crippen LogP contribution in [-0.4, -0.2) is 18.1 Å². The molecule has 1 heterocycles. The predicted octanol–water partition coefficient (Wildman–Crippen LogP) is 2.88. The van der Waals surface area contributed by atoms with E-state index >= 15 is 0 Å². The van der Waals surface area contributed by atoms with Crippen LogP contribution < -0.4 is 0 Å². The van der Waals surface area contributed by atoms with E-state index in [1.165, 1.54) is 12.7 Å². The first kappa shape index (κ1) is 12.6. The van der Waals surface area contributed by atoms with E-state index in [0.29, 0.717) is 0 Å². The van der Waals surface area contributed by atoms with Crippen molar-refractivity contribution in [3.05, 3.63) is 40.6 Å². The maximum absolute atomic E-state index is 11.4. The van der Waals surface area contributed by atoms with Gasteiger partial charge >= 0.3 is 5.97 Å². The van der Waals surface area contributed by atoms with Crippen LogP contribution in [-0.2, 0) is 16.0 Å².